The molecule has 4 heterocycles. The van der Waals surface area contributed by atoms with Gasteiger partial charge in [0.1, 0.15) is 17.3 Å². The maximum atomic E-state index is 15.4. The van der Waals surface area contributed by atoms with Crippen LogP contribution in [0.3, 0.4) is 0 Å². The van der Waals surface area contributed by atoms with Gasteiger partial charge in [-0.25, -0.2) is 4.90 Å². The molecule has 10 nitrogen and oxygen atoms in total. The highest BCUT2D eigenvalue weighted by atomic mass is 35.5. The number of halogens is 1. The molecule has 0 spiro atoms. The Morgan fingerprint density at radius 3 is 2.32 bits per heavy atom. The minimum absolute atomic E-state index is 0.00389. The van der Waals surface area contributed by atoms with Crippen LogP contribution in [0.25, 0.3) is 31.4 Å². The Morgan fingerprint density at radius 2 is 1.54 bits per heavy atom. The first-order valence-corrected chi connectivity index (χ1v) is 22.2. The van der Waals surface area contributed by atoms with Gasteiger partial charge < -0.3 is 5.11 Å². The molecule has 7 aromatic rings. The molecule has 12 heteroatoms. The average Bonchev–Trinajstić information content (AvgIpc) is 3.97. The lowest BCUT2D eigenvalue weighted by atomic mass is 9.51. The first-order chi connectivity index (χ1) is 30.4. The number of amides is 4. The number of anilines is 2. The van der Waals surface area contributed by atoms with Crippen LogP contribution in [0.4, 0.5) is 11.5 Å². The topological polar surface area (TPSA) is 130 Å². The highest BCUT2D eigenvalue weighted by Crippen LogP contribution is 2.65. The zero-order valence-electron chi connectivity index (χ0n) is 34.4. The maximum absolute atomic E-state index is 15.4. The van der Waals surface area contributed by atoms with Gasteiger partial charge in [0.25, 0.3) is 0 Å². The van der Waals surface area contributed by atoms with E-state index in [1.165, 1.54) is 9.80 Å². The number of ketones is 1. The van der Waals surface area contributed by atoms with Crippen LogP contribution < -0.4 is 9.80 Å². The number of carbonyl (C=O) groups excluding carboxylic acids is 5. The molecular weight excluding hydrogens is 832 g/mol. The van der Waals surface area contributed by atoms with Gasteiger partial charge in [-0.1, -0.05) is 90.0 Å². The van der Waals surface area contributed by atoms with E-state index in [4.69, 9.17) is 16.7 Å². The lowest BCUT2D eigenvalue weighted by Crippen LogP contribution is -2.49. The number of hydrogen-bond donors (Lipinski definition) is 1. The fourth-order valence-electron chi connectivity index (χ4n) is 11.1. The Kier molecular flexibility index (Phi) is 8.81. The van der Waals surface area contributed by atoms with Gasteiger partial charge in [-0.3, -0.25) is 33.6 Å². The SMILES string of the molecule is Cc1c(-c2cc(N3C(=O)[C@@H]4C[C@@H]5C(=CC[C@@H]6C(=O)N(c7ccc(C(=O)c8ccccc8)cc7)C(=O)[C@@H]65)[C@H](c5ccc6ccccc6c5O)[C@]4(C)C3=O)n(C)n2)sc2ccc(Cl)cc12. The summed E-state index contributed by atoms with van der Waals surface area (Å²) in [4.78, 5) is 76.2. The molecule has 1 N–H and O–H groups in total. The first kappa shape index (κ1) is 39.2. The van der Waals surface area contributed by atoms with E-state index in [1.54, 1.807) is 77.7 Å². The van der Waals surface area contributed by atoms with E-state index in [1.807, 2.05) is 80.6 Å². The minimum Gasteiger partial charge on any atom is -0.507 e. The molecule has 63 heavy (non-hydrogen) atoms. The van der Waals surface area contributed by atoms with Crippen molar-refractivity contribution < 1.29 is 29.1 Å². The molecule has 0 bridgehead atoms. The van der Waals surface area contributed by atoms with E-state index >= 15 is 9.59 Å². The number of fused-ring (bicyclic) bond motifs is 6. The normalized spacial score (nSPS) is 24.3. The molecule has 2 aromatic heterocycles. The minimum atomic E-state index is -1.38. The summed E-state index contributed by atoms with van der Waals surface area (Å²) in [6.45, 7) is 3.81. The van der Waals surface area contributed by atoms with Gasteiger partial charge in [0.05, 0.1) is 33.7 Å². The number of allylic oxidation sites excluding steroid dienone is 2. The number of aryl methyl sites for hydroxylation is 2. The van der Waals surface area contributed by atoms with Gasteiger partial charge >= 0.3 is 0 Å². The first-order valence-electron chi connectivity index (χ1n) is 21.0. The van der Waals surface area contributed by atoms with Crippen molar-refractivity contribution in [2.24, 2.45) is 36.1 Å². The number of aromatic nitrogens is 2. The smallest absolute Gasteiger partial charge is 0.242 e. The summed E-state index contributed by atoms with van der Waals surface area (Å²) in [7, 11) is 1.71. The number of phenolic OH excluding ortho intramolecular Hbond substituents is 1. The van der Waals surface area contributed by atoms with Crippen LogP contribution >= 0.6 is 22.9 Å². The second kappa shape index (κ2) is 14.2. The van der Waals surface area contributed by atoms with E-state index in [0.29, 0.717) is 44.3 Å². The Hall–Kier alpha value is -6.69. The number of aromatic hydroxyl groups is 1. The Balaban J connectivity index is 0.997. The molecule has 3 fully saturated rings. The summed E-state index contributed by atoms with van der Waals surface area (Å²) in [5.41, 5.74) is 2.77. The van der Waals surface area contributed by atoms with E-state index < -0.39 is 52.7 Å². The van der Waals surface area contributed by atoms with Crippen molar-refractivity contribution in [1.82, 2.24) is 9.78 Å². The summed E-state index contributed by atoms with van der Waals surface area (Å²) >= 11 is 7.91. The van der Waals surface area contributed by atoms with Gasteiger partial charge in [-0.2, -0.15) is 5.10 Å². The predicted molar refractivity (Wildman–Crippen MR) is 243 cm³/mol. The highest BCUT2D eigenvalue weighted by Gasteiger charge is 2.68. The molecule has 11 rings (SSSR count). The predicted octanol–water partition coefficient (Wildman–Crippen LogP) is 9.79. The van der Waals surface area contributed by atoms with Crippen LogP contribution in [0.5, 0.6) is 5.75 Å². The molecule has 6 atom stereocenters. The zero-order chi connectivity index (χ0) is 43.6. The standard InChI is InChI=1S/C51H39ClN4O6S/c1-26-36-23-30(52)16-22-40(36)63-46(26)39-25-41(54(3)53-39)56-48(60)38-24-37-33(43(51(38,2)50(56)62)35-19-15-27-9-7-8-12-32(27)45(35)58)20-21-34-42(37)49(61)55(47(34)59)31-17-13-29(14-18-31)44(57)28-10-5-4-6-11-28/h4-20,22-23,25,34,37-38,42-43,58H,21,24H2,1-3H3/t34-,37+,38-,42-,43+,51+/m0/s1. The number of carbonyl (C=O) groups is 5. The molecule has 4 amide bonds. The largest absolute Gasteiger partial charge is 0.507 e. The molecule has 5 aromatic carbocycles. The third-order valence-electron chi connectivity index (χ3n) is 14.2. The summed E-state index contributed by atoms with van der Waals surface area (Å²) in [6.07, 6.45) is 2.36. The summed E-state index contributed by atoms with van der Waals surface area (Å²) in [5, 5.41) is 20.0. The Morgan fingerprint density at radius 1 is 0.810 bits per heavy atom. The highest BCUT2D eigenvalue weighted by molar-refractivity contribution is 7.22. The lowest BCUT2D eigenvalue weighted by molar-refractivity contribution is -0.131. The van der Waals surface area contributed by atoms with E-state index in [2.05, 4.69) is 0 Å². The van der Waals surface area contributed by atoms with Crippen LogP contribution in [0.2, 0.25) is 5.02 Å². The van der Waals surface area contributed by atoms with Crippen molar-refractivity contribution in [1.29, 1.82) is 0 Å². The second-order valence-corrected chi connectivity index (χ2v) is 18.8. The molecule has 2 saturated heterocycles. The summed E-state index contributed by atoms with van der Waals surface area (Å²) in [6, 6.07) is 34.1. The molecular formula is C51H39ClN4O6S. The Labute approximate surface area is 371 Å². The van der Waals surface area contributed by atoms with Crippen molar-refractivity contribution in [2.75, 3.05) is 9.80 Å². The molecule has 0 radical (unpaired) electrons. The zero-order valence-corrected chi connectivity index (χ0v) is 36.0. The number of phenols is 1. The monoisotopic (exact) mass is 870 g/mol. The average molecular weight is 871 g/mol. The summed E-state index contributed by atoms with van der Waals surface area (Å²) < 4.78 is 2.59. The summed E-state index contributed by atoms with van der Waals surface area (Å²) in [5.74, 6) is -5.27. The second-order valence-electron chi connectivity index (χ2n) is 17.3. The van der Waals surface area contributed by atoms with Crippen molar-refractivity contribution in [3.05, 3.63) is 154 Å². The van der Waals surface area contributed by atoms with Crippen LogP contribution in [0, 0.1) is 36.0 Å². The fraction of sp³-hybridized carbons (Fsp3) is 0.216. The third-order valence-corrected chi connectivity index (χ3v) is 15.7. The molecule has 1 saturated carbocycles. The van der Waals surface area contributed by atoms with E-state index in [0.717, 1.165) is 31.5 Å². The number of thiophene rings is 1. The van der Waals surface area contributed by atoms with Crippen LogP contribution in [0.1, 0.15) is 52.7 Å². The van der Waals surface area contributed by atoms with Gasteiger partial charge in [0.15, 0.2) is 5.78 Å². The van der Waals surface area contributed by atoms with Crippen molar-refractivity contribution in [3.63, 3.8) is 0 Å². The molecule has 4 aliphatic rings. The van der Waals surface area contributed by atoms with Crippen LogP contribution in [-0.4, -0.2) is 44.3 Å². The van der Waals surface area contributed by atoms with Crippen molar-refractivity contribution in [2.45, 2.75) is 32.6 Å². The van der Waals surface area contributed by atoms with E-state index in [-0.39, 0.29) is 30.3 Å². The number of imide groups is 2. The quantitative estimate of drug-likeness (QED) is 0.100. The third kappa shape index (κ3) is 5.62. The lowest BCUT2D eigenvalue weighted by Gasteiger charge is -2.49. The number of hydrogen-bond acceptors (Lipinski definition) is 8. The number of nitrogens with zero attached hydrogens (tertiary/aromatic N) is 4. The number of benzene rings is 5. The molecule has 2 aliphatic carbocycles. The van der Waals surface area contributed by atoms with Gasteiger partial charge in [-0.05, 0) is 91.4 Å². The number of rotatable bonds is 6. The van der Waals surface area contributed by atoms with Crippen LogP contribution in [-0.2, 0) is 26.2 Å². The van der Waals surface area contributed by atoms with Crippen molar-refractivity contribution in [3.8, 4) is 16.3 Å². The van der Waals surface area contributed by atoms with Gasteiger partial charge in [0, 0.05) is 50.8 Å². The van der Waals surface area contributed by atoms with Gasteiger partial charge in [0.2, 0.25) is 23.6 Å². The maximum Gasteiger partial charge on any atom is 0.242 e. The van der Waals surface area contributed by atoms with Crippen LogP contribution in [0.15, 0.2) is 127 Å². The molecule has 0 unspecified atom stereocenters. The fourth-order valence-corrected chi connectivity index (χ4v) is 12.4. The van der Waals surface area contributed by atoms with E-state index in [9.17, 15) is 19.5 Å². The van der Waals surface area contributed by atoms with Gasteiger partial charge in [-0.15, -0.1) is 11.3 Å². The van der Waals surface area contributed by atoms with Crippen molar-refractivity contribution >= 4 is 84.7 Å². The molecule has 2 aliphatic heterocycles. The Bertz CT molecular complexity index is 3190. The molecule has 312 valence electrons.